The molecule has 3 nitrogen and oxygen atoms in total. The van der Waals surface area contributed by atoms with Crippen molar-refractivity contribution in [2.75, 3.05) is 11.9 Å². The van der Waals surface area contributed by atoms with Crippen LogP contribution in [0.5, 0.6) is 5.75 Å². The Kier molecular flexibility index (Phi) is 5.43. The lowest BCUT2D eigenvalue weighted by Crippen LogP contribution is -2.20. The van der Waals surface area contributed by atoms with Gasteiger partial charge >= 0.3 is 0 Å². The molecule has 1 amide bonds. The van der Waals surface area contributed by atoms with Crippen molar-refractivity contribution < 1.29 is 9.53 Å². The zero-order valence-electron chi connectivity index (χ0n) is 12.4. The van der Waals surface area contributed by atoms with E-state index in [4.69, 9.17) is 16.3 Å². The summed E-state index contributed by atoms with van der Waals surface area (Å²) in [5.74, 6) is 0.338. The smallest absolute Gasteiger partial charge is 0.262 e. The van der Waals surface area contributed by atoms with E-state index in [9.17, 15) is 4.79 Å². The summed E-state index contributed by atoms with van der Waals surface area (Å²) in [6.45, 7) is -0.105. The lowest BCUT2D eigenvalue weighted by molar-refractivity contribution is -0.118. The van der Waals surface area contributed by atoms with E-state index in [2.05, 4.69) is 37.2 Å². The fraction of sp³-hybridized carbons (Fsp3) is 0.0556. The quantitative estimate of drug-likeness (QED) is 0.506. The minimum Gasteiger partial charge on any atom is -0.483 e. The van der Waals surface area contributed by atoms with Gasteiger partial charge in [-0.15, -0.1) is 0 Å². The van der Waals surface area contributed by atoms with E-state index in [1.54, 1.807) is 24.3 Å². The van der Waals surface area contributed by atoms with Crippen LogP contribution in [0.4, 0.5) is 5.69 Å². The lowest BCUT2D eigenvalue weighted by atomic mass is 10.1. The number of amides is 1. The second kappa shape index (κ2) is 7.55. The third-order valence-electron chi connectivity index (χ3n) is 3.39. The highest BCUT2D eigenvalue weighted by molar-refractivity contribution is 9.11. The molecule has 1 N–H and O–H groups in total. The van der Waals surface area contributed by atoms with Crippen LogP contribution < -0.4 is 10.1 Å². The number of carbonyl (C=O) groups excluding carboxylic acids is 1. The molecule has 24 heavy (non-hydrogen) atoms. The van der Waals surface area contributed by atoms with Gasteiger partial charge in [0.25, 0.3) is 5.91 Å². The van der Waals surface area contributed by atoms with Gasteiger partial charge in [0.15, 0.2) is 6.61 Å². The van der Waals surface area contributed by atoms with Gasteiger partial charge in [-0.1, -0.05) is 51.8 Å². The number of fused-ring (bicyclic) bond motifs is 1. The first kappa shape index (κ1) is 17.3. The van der Waals surface area contributed by atoms with Crippen LogP contribution in [0.2, 0.25) is 5.02 Å². The lowest BCUT2D eigenvalue weighted by Gasteiger charge is -2.11. The van der Waals surface area contributed by atoms with Crippen molar-refractivity contribution in [2.45, 2.75) is 0 Å². The number of carbonyl (C=O) groups is 1. The Bertz CT molecular complexity index is 915. The third-order valence-corrected chi connectivity index (χ3v) is 5.03. The number of benzene rings is 3. The molecule has 0 spiro atoms. The molecule has 0 saturated carbocycles. The molecule has 0 bridgehead atoms. The molecule has 0 fully saturated rings. The van der Waals surface area contributed by atoms with E-state index in [0.717, 1.165) is 19.7 Å². The Balaban J connectivity index is 1.71. The van der Waals surface area contributed by atoms with Crippen LogP contribution in [0.1, 0.15) is 0 Å². The Labute approximate surface area is 161 Å². The van der Waals surface area contributed by atoms with Gasteiger partial charge in [0.2, 0.25) is 0 Å². The first-order chi connectivity index (χ1) is 11.5. The first-order valence-corrected chi connectivity index (χ1v) is 9.06. The van der Waals surface area contributed by atoms with E-state index in [0.29, 0.717) is 16.5 Å². The standard InChI is InChI=1S/C18H12Br2ClNO2/c19-12-6-7-13-11(9-12)5-8-16(18(13)20)24-10-17(23)22-15-4-2-1-3-14(15)21/h1-9H,10H2,(H,22,23). The highest BCUT2D eigenvalue weighted by Crippen LogP contribution is 2.34. The van der Waals surface area contributed by atoms with Gasteiger partial charge in [-0.05, 0) is 57.0 Å². The minimum absolute atomic E-state index is 0.105. The zero-order chi connectivity index (χ0) is 17.1. The molecule has 3 aromatic rings. The summed E-state index contributed by atoms with van der Waals surface area (Å²) < 4.78 is 7.46. The highest BCUT2D eigenvalue weighted by Gasteiger charge is 2.10. The molecule has 0 atom stereocenters. The van der Waals surface area contributed by atoms with Crippen molar-refractivity contribution in [2.24, 2.45) is 0 Å². The van der Waals surface area contributed by atoms with Crippen LogP contribution in [-0.4, -0.2) is 12.5 Å². The van der Waals surface area contributed by atoms with Crippen molar-refractivity contribution in [1.29, 1.82) is 0 Å². The summed E-state index contributed by atoms with van der Waals surface area (Å²) in [5, 5.41) is 5.31. The first-order valence-electron chi connectivity index (χ1n) is 7.09. The van der Waals surface area contributed by atoms with Crippen LogP contribution in [0.3, 0.4) is 0 Å². The van der Waals surface area contributed by atoms with E-state index in [1.165, 1.54) is 0 Å². The van der Waals surface area contributed by atoms with Crippen molar-refractivity contribution in [1.82, 2.24) is 0 Å². The van der Waals surface area contributed by atoms with Crippen molar-refractivity contribution in [3.63, 3.8) is 0 Å². The molecule has 0 aliphatic rings. The second-order valence-corrected chi connectivity index (χ2v) is 7.18. The fourth-order valence-corrected chi connectivity index (χ4v) is 3.42. The molecule has 122 valence electrons. The molecule has 0 aromatic heterocycles. The molecule has 0 radical (unpaired) electrons. The highest BCUT2D eigenvalue weighted by atomic mass is 79.9. The summed E-state index contributed by atoms with van der Waals surface area (Å²) >= 11 is 13.0. The molecule has 0 heterocycles. The van der Waals surface area contributed by atoms with Crippen LogP contribution in [-0.2, 0) is 4.79 Å². The Morgan fingerprint density at radius 3 is 2.67 bits per heavy atom. The van der Waals surface area contributed by atoms with Crippen LogP contribution in [0.25, 0.3) is 10.8 Å². The van der Waals surface area contributed by atoms with Gasteiger partial charge in [-0.2, -0.15) is 0 Å². The number of ether oxygens (including phenoxy) is 1. The maximum Gasteiger partial charge on any atom is 0.262 e. The largest absolute Gasteiger partial charge is 0.483 e. The third kappa shape index (κ3) is 3.91. The molecule has 0 aliphatic heterocycles. The number of hydrogen-bond donors (Lipinski definition) is 1. The van der Waals surface area contributed by atoms with Crippen LogP contribution in [0, 0.1) is 0 Å². The second-order valence-electron chi connectivity index (χ2n) is 5.06. The van der Waals surface area contributed by atoms with Gasteiger partial charge in [0.1, 0.15) is 5.75 Å². The van der Waals surface area contributed by atoms with E-state index in [-0.39, 0.29) is 12.5 Å². The van der Waals surface area contributed by atoms with Gasteiger partial charge < -0.3 is 10.1 Å². The van der Waals surface area contributed by atoms with Crippen molar-refractivity contribution in [3.05, 3.63) is 68.6 Å². The number of para-hydroxylation sites is 1. The molecule has 0 aliphatic carbocycles. The summed E-state index contributed by atoms with van der Waals surface area (Å²) in [6, 6.07) is 16.8. The number of hydrogen-bond acceptors (Lipinski definition) is 2. The molecule has 6 heteroatoms. The van der Waals surface area contributed by atoms with Crippen LogP contribution >= 0.6 is 43.5 Å². The Morgan fingerprint density at radius 1 is 1.08 bits per heavy atom. The minimum atomic E-state index is -0.272. The van der Waals surface area contributed by atoms with E-state index >= 15 is 0 Å². The molecule has 3 aromatic carbocycles. The van der Waals surface area contributed by atoms with Crippen molar-refractivity contribution in [3.8, 4) is 5.75 Å². The van der Waals surface area contributed by atoms with Gasteiger partial charge in [-0.25, -0.2) is 0 Å². The number of nitrogens with one attached hydrogen (secondary N) is 1. The normalized spacial score (nSPS) is 10.6. The average molecular weight is 470 g/mol. The molecule has 0 saturated heterocycles. The number of anilines is 1. The topological polar surface area (TPSA) is 38.3 Å². The summed E-state index contributed by atoms with van der Waals surface area (Å²) in [4.78, 5) is 12.0. The van der Waals surface area contributed by atoms with Gasteiger partial charge in [-0.3, -0.25) is 4.79 Å². The number of halogens is 3. The molecular formula is C18H12Br2ClNO2. The van der Waals surface area contributed by atoms with Crippen molar-refractivity contribution >= 4 is 65.8 Å². The van der Waals surface area contributed by atoms with Crippen LogP contribution in [0.15, 0.2) is 63.5 Å². The van der Waals surface area contributed by atoms with Gasteiger partial charge in [0, 0.05) is 4.47 Å². The Morgan fingerprint density at radius 2 is 1.88 bits per heavy atom. The predicted molar refractivity (Wildman–Crippen MR) is 105 cm³/mol. The average Bonchev–Trinajstić information content (AvgIpc) is 2.56. The predicted octanol–water partition coefficient (Wildman–Crippen LogP) is 6.04. The maximum absolute atomic E-state index is 12.0. The monoisotopic (exact) mass is 467 g/mol. The zero-order valence-corrected chi connectivity index (χ0v) is 16.3. The molecule has 3 rings (SSSR count). The molecular weight excluding hydrogens is 457 g/mol. The fourth-order valence-electron chi connectivity index (χ4n) is 2.25. The summed E-state index contributed by atoms with van der Waals surface area (Å²) in [7, 11) is 0. The summed E-state index contributed by atoms with van der Waals surface area (Å²) in [6.07, 6.45) is 0. The Hall–Kier alpha value is -1.56. The summed E-state index contributed by atoms with van der Waals surface area (Å²) in [5.41, 5.74) is 0.565. The number of rotatable bonds is 4. The molecule has 0 unspecified atom stereocenters. The van der Waals surface area contributed by atoms with Gasteiger partial charge in [0.05, 0.1) is 15.2 Å². The van der Waals surface area contributed by atoms with E-state index < -0.39 is 0 Å². The van der Waals surface area contributed by atoms with E-state index in [1.807, 2.05) is 30.3 Å². The SMILES string of the molecule is O=C(COc1ccc2cc(Br)ccc2c1Br)Nc1ccccc1Cl. The maximum atomic E-state index is 12.0.